The van der Waals surface area contributed by atoms with Gasteiger partial charge in [0.1, 0.15) is 0 Å². The highest BCUT2D eigenvalue weighted by atomic mass is 35.5. The van der Waals surface area contributed by atoms with Crippen molar-refractivity contribution in [1.82, 2.24) is 5.32 Å². The fourth-order valence-electron chi connectivity index (χ4n) is 1.86. The number of carbonyl (C=O) groups is 1. The maximum absolute atomic E-state index is 11.6. The summed E-state index contributed by atoms with van der Waals surface area (Å²) >= 11 is 0. The van der Waals surface area contributed by atoms with E-state index in [0.717, 1.165) is 0 Å². The molecule has 0 spiro atoms. The monoisotopic (exact) mass is 300 g/mol. The van der Waals surface area contributed by atoms with Crippen molar-refractivity contribution in [2.75, 3.05) is 20.3 Å². The largest absolute Gasteiger partial charge is 0.493 e. The van der Waals surface area contributed by atoms with Gasteiger partial charge in [-0.15, -0.1) is 12.4 Å². The van der Waals surface area contributed by atoms with Gasteiger partial charge in [-0.25, -0.2) is 0 Å². The molecule has 1 saturated carbocycles. The molecule has 1 atom stereocenters. The molecule has 0 heterocycles. The van der Waals surface area contributed by atoms with E-state index in [-0.39, 0.29) is 31.0 Å². The molecular formula is C14H21ClN2O3. The molecule has 1 amide bonds. The van der Waals surface area contributed by atoms with E-state index in [0.29, 0.717) is 24.0 Å². The van der Waals surface area contributed by atoms with Crippen molar-refractivity contribution >= 4 is 18.3 Å². The van der Waals surface area contributed by atoms with Crippen LogP contribution in [0.15, 0.2) is 24.3 Å². The molecule has 1 aliphatic rings. The van der Waals surface area contributed by atoms with Crippen LogP contribution in [0.1, 0.15) is 12.8 Å². The van der Waals surface area contributed by atoms with Crippen LogP contribution in [-0.4, -0.2) is 32.2 Å². The SMILES string of the molecule is COc1ccccc1OCC(=O)NCC(N)C1CC1.Cl. The highest BCUT2D eigenvalue weighted by Crippen LogP contribution is 2.31. The van der Waals surface area contributed by atoms with E-state index in [1.807, 2.05) is 12.1 Å². The molecule has 20 heavy (non-hydrogen) atoms. The first-order valence-corrected chi connectivity index (χ1v) is 6.49. The van der Waals surface area contributed by atoms with E-state index in [9.17, 15) is 4.79 Å². The van der Waals surface area contributed by atoms with Crippen molar-refractivity contribution in [3.05, 3.63) is 24.3 Å². The van der Waals surface area contributed by atoms with Crippen molar-refractivity contribution in [3.8, 4) is 11.5 Å². The van der Waals surface area contributed by atoms with Crippen LogP contribution in [0.5, 0.6) is 11.5 Å². The normalized spacial score (nSPS) is 14.9. The van der Waals surface area contributed by atoms with Gasteiger partial charge in [0, 0.05) is 12.6 Å². The predicted molar refractivity (Wildman–Crippen MR) is 79.4 cm³/mol. The number of benzene rings is 1. The van der Waals surface area contributed by atoms with Crippen molar-refractivity contribution in [3.63, 3.8) is 0 Å². The minimum absolute atomic E-state index is 0. The van der Waals surface area contributed by atoms with Crippen LogP contribution in [0.2, 0.25) is 0 Å². The van der Waals surface area contributed by atoms with Crippen molar-refractivity contribution < 1.29 is 14.3 Å². The lowest BCUT2D eigenvalue weighted by molar-refractivity contribution is -0.123. The Morgan fingerprint density at radius 3 is 2.65 bits per heavy atom. The van der Waals surface area contributed by atoms with E-state index in [1.165, 1.54) is 12.8 Å². The Balaban J connectivity index is 0.00000200. The van der Waals surface area contributed by atoms with Crippen molar-refractivity contribution in [2.45, 2.75) is 18.9 Å². The fourth-order valence-corrected chi connectivity index (χ4v) is 1.86. The lowest BCUT2D eigenvalue weighted by Crippen LogP contribution is -2.40. The van der Waals surface area contributed by atoms with Gasteiger partial charge in [-0.1, -0.05) is 12.1 Å². The molecule has 0 bridgehead atoms. The van der Waals surface area contributed by atoms with Crippen LogP contribution in [0, 0.1) is 5.92 Å². The minimum atomic E-state index is -0.165. The summed E-state index contributed by atoms with van der Waals surface area (Å²) in [6.07, 6.45) is 2.35. The van der Waals surface area contributed by atoms with Gasteiger partial charge in [-0.2, -0.15) is 0 Å². The van der Waals surface area contributed by atoms with Gasteiger partial charge in [-0.05, 0) is 30.9 Å². The van der Waals surface area contributed by atoms with E-state index in [4.69, 9.17) is 15.2 Å². The summed E-state index contributed by atoms with van der Waals surface area (Å²) in [4.78, 5) is 11.6. The zero-order valence-corrected chi connectivity index (χ0v) is 12.3. The molecule has 1 aliphatic carbocycles. The number of para-hydroxylation sites is 2. The van der Waals surface area contributed by atoms with Crippen LogP contribution < -0.4 is 20.5 Å². The molecule has 112 valence electrons. The molecule has 0 aromatic heterocycles. The van der Waals surface area contributed by atoms with Gasteiger partial charge < -0.3 is 20.5 Å². The number of hydrogen-bond acceptors (Lipinski definition) is 4. The third kappa shape index (κ3) is 4.90. The molecule has 1 aromatic carbocycles. The second kappa shape index (κ2) is 7.97. The molecule has 1 unspecified atom stereocenters. The van der Waals surface area contributed by atoms with Crippen LogP contribution in [0.4, 0.5) is 0 Å². The van der Waals surface area contributed by atoms with E-state index in [1.54, 1.807) is 19.2 Å². The Hall–Kier alpha value is -1.46. The standard InChI is InChI=1S/C14H20N2O3.ClH/c1-18-12-4-2-3-5-13(12)19-9-14(17)16-8-11(15)10-6-7-10;/h2-5,10-11H,6-9,15H2,1H3,(H,16,17);1H. The first-order chi connectivity index (χ1) is 9.20. The van der Waals surface area contributed by atoms with Crippen LogP contribution in [-0.2, 0) is 4.79 Å². The molecule has 3 N–H and O–H groups in total. The Kier molecular flexibility index (Phi) is 6.61. The molecule has 0 aliphatic heterocycles. The summed E-state index contributed by atoms with van der Waals surface area (Å²) in [5, 5.41) is 2.78. The van der Waals surface area contributed by atoms with Crippen molar-refractivity contribution in [2.24, 2.45) is 11.7 Å². The van der Waals surface area contributed by atoms with Gasteiger partial charge >= 0.3 is 0 Å². The number of methoxy groups -OCH3 is 1. The molecule has 1 aromatic rings. The van der Waals surface area contributed by atoms with Crippen molar-refractivity contribution in [1.29, 1.82) is 0 Å². The topological polar surface area (TPSA) is 73.6 Å². The molecule has 0 saturated heterocycles. The quantitative estimate of drug-likeness (QED) is 0.797. The first-order valence-electron chi connectivity index (χ1n) is 6.49. The van der Waals surface area contributed by atoms with Crippen LogP contribution in [0.3, 0.4) is 0 Å². The Labute approximate surface area is 125 Å². The number of ether oxygens (including phenoxy) is 2. The number of hydrogen-bond donors (Lipinski definition) is 2. The van der Waals surface area contributed by atoms with Crippen LogP contribution in [0.25, 0.3) is 0 Å². The van der Waals surface area contributed by atoms with Gasteiger partial charge in [0.2, 0.25) is 0 Å². The number of rotatable bonds is 7. The molecular weight excluding hydrogens is 280 g/mol. The second-order valence-corrected chi connectivity index (χ2v) is 4.74. The predicted octanol–water partition coefficient (Wildman–Crippen LogP) is 1.35. The highest BCUT2D eigenvalue weighted by Gasteiger charge is 2.28. The number of amides is 1. The number of carbonyl (C=O) groups excluding carboxylic acids is 1. The van der Waals surface area contributed by atoms with E-state index in [2.05, 4.69) is 5.32 Å². The zero-order chi connectivity index (χ0) is 13.7. The summed E-state index contributed by atoms with van der Waals surface area (Å²) in [7, 11) is 1.57. The summed E-state index contributed by atoms with van der Waals surface area (Å²) in [5.74, 6) is 1.59. The lowest BCUT2D eigenvalue weighted by Gasteiger charge is -2.13. The third-order valence-corrected chi connectivity index (χ3v) is 3.19. The Morgan fingerprint density at radius 1 is 1.40 bits per heavy atom. The maximum atomic E-state index is 11.6. The summed E-state index contributed by atoms with van der Waals surface area (Å²) < 4.78 is 10.6. The van der Waals surface area contributed by atoms with Gasteiger partial charge in [0.05, 0.1) is 7.11 Å². The summed E-state index contributed by atoms with van der Waals surface area (Å²) in [6, 6.07) is 7.30. The average Bonchev–Trinajstić information content (AvgIpc) is 3.27. The lowest BCUT2D eigenvalue weighted by atomic mass is 10.2. The smallest absolute Gasteiger partial charge is 0.257 e. The van der Waals surface area contributed by atoms with Gasteiger partial charge in [0.15, 0.2) is 18.1 Å². The maximum Gasteiger partial charge on any atom is 0.257 e. The average molecular weight is 301 g/mol. The number of halogens is 1. The third-order valence-electron chi connectivity index (χ3n) is 3.19. The molecule has 2 rings (SSSR count). The van der Waals surface area contributed by atoms with Gasteiger partial charge in [0.25, 0.3) is 5.91 Å². The van der Waals surface area contributed by atoms with E-state index >= 15 is 0 Å². The number of nitrogens with one attached hydrogen (secondary N) is 1. The second-order valence-electron chi connectivity index (χ2n) is 4.74. The van der Waals surface area contributed by atoms with E-state index < -0.39 is 0 Å². The van der Waals surface area contributed by atoms with Crippen LogP contribution >= 0.6 is 12.4 Å². The summed E-state index contributed by atoms with van der Waals surface area (Å²) in [5.41, 5.74) is 5.90. The number of nitrogens with two attached hydrogens (primary N) is 1. The first kappa shape index (κ1) is 16.6. The summed E-state index contributed by atoms with van der Waals surface area (Å²) in [6.45, 7) is 0.483. The molecule has 1 fully saturated rings. The van der Waals surface area contributed by atoms with Gasteiger partial charge in [-0.3, -0.25) is 4.79 Å². The molecule has 5 nitrogen and oxygen atoms in total. The minimum Gasteiger partial charge on any atom is -0.493 e. The molecule has 6 heteroatoms. The highest BCUT2D eigenvalue weighted by molar-refractivity contribution is 5.85. The zero-order valence-electron chi connectivity index (χ0n) is 11.5. The molecule has 0 radical (unpaired) electrons. The Bertz CT molecular complexity index is 438. The fraction of sp³-hybridized carbons (Fsp3) is 0.500. The Morgan fingerprint density at radius 2 is 2.05 bits per heavy atom.